The molecule has 0 radical (unpaired) electrons. The first kappa shape index (κ1) is 15.0. The smallest absolute Gasteiger partial charge is 0.308 e. The van der Waals surface area contributed by atoms with Crippen LogP contribution in [-0.2, 0) is 4.79 Å². The third kappa shape index (κ3) is 2.61. The summed E-state index contributed by atoms with van der Waals surface area (Å²) in [5.41, 5.74) is -0.107. The highest BCUT2D eigenvalue weighted by molar-refractivity contribution is 5.70. The second-order valence-corrected chi connectivity index (χ2v) is 4.87. The number of carboxylic acids is 1. The summed E-state index contributed by atoms with van der Waals surface area (Å²) in [7, 11) is 0. The molecule has 0 saturated heterocycles. The number of rotatable bonds is 4. The first-order chi connectivity index (χ1) is 9.84. The number of carbonyl (C=O) groups is 1. The number of tetrazole rings is 1. The number of nitrogens with zero attached hydrogens (tertiary/aromatic N) is 4. The van der Waals surface area contributed by atoms with Gasteiger partial charge in [0.25, 0.3) is 0 Å². The van der Waals surface area contributed by atoms with Gasteiger partial charge in [-0.1, -0.05) is 6.07 Å². The summed E-state index contributed by atoms with van der Waals surface area (Å²) < 4.78 is 29.2. The van der Waals surface area contributed by atoms with E-state index in [4.69, 9.17) is 5.11 Å². The number of hydrogen-bond donors (Lipinski definition) is 1. The molecule has 0 amide bonds. The molecule has 0 spiro atoms. The summed E-state index contributed by atoms with van der Waals surface area (Å²) in [4.78, 5) is 11.0. The minimum absolute atomic E-state index is 0.130. The zero-order chi connectivity index (χ0) is 15.7. The van der Waals surface area contributed by atoms with Crippen LogP contribution in [0.2, 0.25) is 0 Å². The van der Waals surface area contributed by atoms with Gasteiger partial charge in [-0.3, -0.25) is 4.79 Å². The number of aliphatic carboxylic acids is 1. The lowest BCUT2D eigenvalue weighted by atomic mass is 10.0. The van der Waals surface area contributed by atoms with Crippen molar-refractivity contribution in [2.24, 2.45) is 5.92 Å². The van der Waals surface area contributed by atoms with Crippen molar-refractivity contribution in [2.45, 2.75) is 26.8 Å². The molecule has 2 aromatic rings. The summed E-state index contributed by atoms with van der Waals surface area (Å²) in [6.45, 7) is 4.54. The summed E-state index contributed by atoms with van der Waals surface area (Å²) in [5.74, 6) is -3.56. The lowest BCUT2D eigenvalue weighted by Gasteiger charge is -2.17. The minimum atomic E-state index is -1.05. The highest BCUT2D eigenvalue weighted by Gasteiger charge is 2.27. The van der Waals surface area contributed by atoms with Gasteiger partial charge in [-0.25, -0.2) is 13.5 Å². The van der Waals surface area contributed by atoms with E-state index in [1.54, 1.807) is 6.92 Å². The quantitative estimate of drug-likeness (QED) is 0.935. The van der Waals surface area contributed by atoms with E-state index in [1.165, 1.54) is 19.9 Å². The van der Waals surface area contributed by atoms with Crippen LogP contribution in [0.25, 0.3) is 11.4 Å². The highest BCUT2D eigenvalue weighted by Crippen LogP contribution is 2.29. The van der Waals surface area contributed by atoms with Crippen molar-refractivity contribution in [3.63, 3.8) is 0 Å². The van der Waals surface area contributed by atoms with Crippen LogP contribution in [0, 0.1) is 24.5 Å². The molecule has 0 saturated carbocycles. The van der Waals surface area contributed by atoms with Crippen LogP contribution < -0.4 is 0 Å². The molecule has 2 rings (SSSR count). The SMILES string of the molecule is Cc1ccc(F)c(-c2nnnn2C(C)C(C)C(=O)O)c1F. The van der Waals surface area contributed by atoms with Crippen LogP contribution in [0.4, 0.5) is 8.78 Å². The van der Waals surface area contributed by atoms with E-state index in [9.17, 15) is 13.6 Å². The van der Waals surface area contributed by atoms with Crippen molar-refractivity contribution in [3.05, 3.63) is 29.3 Å². The van der Waals surface area contributed by atoms with E-state index in [2.05, 4.69) is 15.5 Å². The molecule has 1 aromatic carbocycles. The molecule has 6 nitrogen and oxygen atoms in total. The summed E-state index contributed by atoms with van der Waals surface area (Å²) in [5, 5.41) is 19.8. The molecule has 1 heterocycles. The summed E-state index contributed by atoms with van der Waals surface area (Å²) in [6, 6.07) is 1.77. The Kier molecular flexibility index (Phi) is 3.97. The minimum Gasteiger partial charge on any atom is -0.481 e. The first-order valence-electron chi connectivity index (χ1n) is 6.30. The maximum Gasteiger partial charge on any atom is 0.308 e. The topological polar surface area (TPSA) is 80.9 Å². The number of halogens is 2. The van der Waals surface area contributed by atoms with Gasteiger partial charge in [0.2, 0.25) is 0 Å². The largest absolute Gasteiger partial charge is 0.481 e. The van der Waals surface area contributed by atoms with Crippen molar-refractivity contribution >= 4 is 5.97 Å². The van der Waals surface area contributed by atoms with Gasteiger partial charge >= 0.3 is 5.97 Å². The lowest BCUT2D eigenvalue weighted by molar-refractivity contribution is -0.142. The van der Waals surface area contributed by atoms with Crippen LogP contribution in [0.1, 0.15) is 25.5 Å². The molecule has 2 atom stereocenters. The fraction of sp³-hybridized carbons (Fsp3) is 0.385. The highest BCUT2D eigenvalue weighted by atomic mass is 19.1. The van der Waals surface area contributed by atoms with E-state index in [0.29, 0.717) is 0 Å². The molecule has 2 unspecified atom stereocenters. The van der Waals surface area contributed by atoms with E-state index in [0.717, 1.165) is 10.7 Å². The zero-order valence-electron chi connectivity index (χ0n) is 11.7. The fourth-order valence-electron chi connectivity index (χ4n) is 1.91. The van der Waals surface area contributed by atoms with Gasteiger partial charge in [0.15, 0.2) is 5.82 Å². The third-order valence-corrected chi connectivity index (χ3v) is 3.50. The Morgan fingerprint density at radius 1 is 1.33 bits per heavy atom. The Labute approximate surface area is 119 Å². The number of benzene rings is 1. The van der Waals surface area contributed by atoms with E-state index < -0.39 is 29.6 Å². The molecule has 0 bridgehead atoms. The van der Waals surface area contributed by atoms with Crippen LogP contribution in [0.5, 0.6) is 0 Å². The number of carboxylic acid groups (broad SMARTS) is 1. The van der Waals surface area contributed by atoms with Gasteiger partial charge in [-0.2, -0.15) is 0 Å². The van der Waals surface area contributed by atoms with Crippen molar-refractivity contribution in [1.82, 2.24) is 20.2 Å². The third-order valence-electron chi connectivity index (χ3n) is 3.50. The fourth-order valence-corrected chi connectivity index (χ4v) is 1.91. The molecule has 8 heteroatoms. The van der Waals surface area contributed by atoms with Crippen molar-refractivity contribution in [2.75, 3.05) is 0 Å². The predicted molar refractivity (Wildman–Crippen MR) is 69.4 cm³/mol. The average molecular weight is 296 g/mol. The van der Waals surface area contributed by atoms with Gasteiger partial charge in [-0.15, -0.1) is 5.10 Å². The maximum absolute atomic E-state index is 14.2. The second-order valence-electron chi connectivity index (χ2n) is 4.87. The van der Waals surface area contributed by atoms with Crippen molar-refractivity contribution in [1.29, 1.82) is 0 Å². The molecule has 0 aliphatic carbocycles. The van der Waals surface area contributed by atoms with Crippen LogP contribution in [-0.4, -0.2) is 31.3 Å². The van der Waals surface area contributed by atoms with Gasteiger partial charge < -0.3 is 5.11 Å². The van der Waals surface area contributed by atoms with Gasteiger partial charge in [-0.05, 0) is 42.8 Å². The Morgan fingerprint density at radius 3 is 2.62 bits per heavy atom. The van der Waals surface area contributed by atoms with E-state index in [-0.39, 0.29) is 17.0 Å². The van der Waals surface area contributed by atoms with E-state index in [1.807, 2.05) is 0 Å². The summed E-state index contributed by atoms with van der Waals surface area (Å²) >= 11 is 0. The first-order valence-corrected chi connectivity index (χ1v) is 6.30. The van der Waals surface area contributed by atoms with Crippen LogP contribution in [0.3, 0.4) is 0 Å². The van der Waals surface area contributed by atoms with E-state index >= 15 is 0 Å². The molecule has 1 aromatic heterocycles. The molecule has 0 aliphatic heterocycles. The number of aromatic nitrogens is 4. The molecular formula is C13H14F2N4O2. The molecule has 21 heavy (non-hydrogen) atoms. The normalized spacial score (nSPS) is 14.0. The predicted octanol–water partition coefficient (Wildman–Crippen LogP) is 2.21. The zero-order valence-corrected chi connectivity index (χ0v) is 11.7. The van der Waals surface area contributed by atoms with Gasteiger partial charge in [0, 0.05) is 0 Å². The Bertz CT molecular complexity index is 687. The maximum atomic E-state index is 14.2. The molecule has 112 valence electrons. The van der Waals surface area contributed by atoms with Crippen molar-refractivity contribution < 1.29 is 18.7 Å². The Balaban J connectivity index is 2.56. The second kappa shape index (κ2) is 5.55. The molecule has 1 N–H and O–H groups in total. The number of hydrogen-bond acceptors (Lipinski definition) is 4. The van der Waals surface area contributed by atoms with Gasteiger partial charge in [0.1, 0.15) is 11.6 Å². The molecule has 0 fully saturated rings. The monoisotopic (exact) mass is 296 g/mol. The van der Waals surface area contributed by atoms with Gasteiger partial charge in [0.05, 0.1) is 17.5 Å². The lowest BCUT2D eigenvalue weighted by Crippen LogP contribution is -2.23. The van der Waals surface area contributed by atoms with Crippen molar-refractivity contribution in [3.8, 4) is 11.4 Å². The Morgan fingerprint density at radius 2 is 2.00 bits per heavy atom. The van der Waals surface area contributed by atoms with Crippen LogP contribution >= 0.6 is 0 Å². The molecular weight excluding hydrogens is 282 g/mol. The molecule has 0 aliphatic rings. The Hall–Kier alpha value is -2.38. The van der Waals surface area contributed by atoms with Crippen LogP contribution in [0.15, 0.2) is 12.1 Å². The standard InChI is InChI=1S/C13H14F2N4O2/c1-6-4-5-9(14)10(11(6)15)12-16-17-18-19(12)8(3)7(2)13(20)21/h4-5,7-8H,1-3H3,(H,20,21). The number of aryl methyl sites for hydroxylation is 1. The average Bonchev–Trinajstić information content (AvgIpc) is 2.90. The summed E-state index contributed by atoms with van der Waals surface area (Å²) in [6.07, 6.45) is 0.